The first-order valence-corrected chi connectivity index (χ1v) is 12.3. The highest BCUT2D eigenvalue weighted by Crippen LogP contribution is 2.33. The van der Waals surface area contributed by atoms with Gasteiger partial charge in [0.2, 0.25) is 0 Å². The van der Waals surface area contributed by atoms with Crippen LogP contribution in [0, 0.1) is 23.5 Å². The maximum absolute atomic E-state index is 14.1. The van der Waals surface area contributed by atoms with Crippen LogP contribution in [0.1, 0.15) is 45.0 Å². The Morgan fingerprint density at radius 1 is 1.13 bits per heavy atom. The smallest absolute Gasteiger partial charge is 0.410 e. The normalized spacial score (nSPS) is 23.2. The van der Waals surface area contributed by atoms with Gasteiger partial charge in [0.05, 0.1) is 19.3 Å². The van der Waals surface area contributed by atoms with Gasteiger partial charge in [0.25, 0.3) is 0 Å². The van der Waals surface area contributed by atoms with E-state index in [0.29, 0.717) is 32.2 Å². The lowest BCUT2D eigenvalue weighted by molar-refractivity contribution is -0.208. The number of amides is 1. The third kappa shape index (κ3) is 6.14. The molecular formula is C21H29F2NO6S. The summed E-state index contributed by atoms with van der Waals surface area (Å²) in [5.74, 6) is -1.75. The molecule has 2 aliphatic rings. The highest BCUT2D eigenvalue weighted by atomic mass is 32.2. The number of likely N-dealkylation sites (tertiary alicyclic amines) is 1. The Morgan fingerprint density at radius 3 is 2.16 bits per heavy atom. The van der Waals surface area contributed by atoms with Crippen molar-refractivity contribution in [2.45, 2.75) is 50.4 Å². The lowest BCUT2D eigenvalue weighted by Gasteiger charge is -2.35. The molecule has 0 saturated carbocycles. The second-order valence-electron chi connectivity index (χ2n) is 8.55. The number of sulfone groups is 1. The fourth-order valence-electron chi connectivity index (χ4n) is 4.04. The van der Waals surface area contributed by atoms with Gasteiger partial charge in [-0.25, -0.2) is 22.0 Å². The van der Waals surface area contributed by atoms with E-state index < -0.39 is 32.7 Å². The average Bonchev–Trinajstić information content (AvgIpc) is 2.67. The zero-order valence-electron chi connectivity index (χ0n) is 18.0. The molecule has 3 rings (SSSR count). The van der Waals surface area contributed by atoms with Crippen LogP contribution >= 0.6 is 0 Å². The molecule has 31 heavy (non-hydrogen) atoms. The molecule has 0 radical (unpaired) electrons. The third-order valence-corrected chi connectivity index (χ3v) is 6.64. The van der Waals surface area contributed by atoms with Crippen molar-refractivity contribution in [3.63, 3.8) is 0 Å². The maximum Gasteiger partial charge on any atom is 0.410 e. The molecule has 0 bridgehead atoms. The van der Waals surface area contributed by atoms with E-state index in [9.17, 15) is 22.0 Å². The molecule has 1 aromatic carbocycles. The molecule has 0 N–H and O–H groups in total. The number of rotatable bonds is 5. The molecule has 0 atom stereocenters. The third-order valence-electron chi connectivity index (χ3n) is 5.51. The summed E-state index contributed by atoms with van der Waals surface area (Å²) in [5, 5.41) is 0. The summed E-state index contributed by atoms with van der Waals surface area (Å²) in [5.41, 5.74) is 0.109. The SMILES string of the molecule is CC(C)OC(=O)N1CCC(CC2COC(c3cc(F)c(S(C)(=O)=O)c(F)c3)OC2)CC1. The fourth-order valence-corrected chi connectivity index (χ4v) is 4.87. The van der Waals surface area contributed by atoms with Gasteiger partial charge < -0.3 is 19.1 Å². The minimum atomic E-state index is -4.02. The Bertz CT molecular complexity index is 868. The molecule has 2 saturated heterocycles. The summed E-state index contributed by atoms with van der Waals surface area (Å²) in [6.45, 7) is 5.69. The number of piperidine rings is 1. The molecule has 174 valence electrons. The Hall–Kier alpha value is -1.78. The standard InChI is InChI=1S/C21H29F2NO6S/c1-13(2)30-21(25)24-6-4-14(5-7-24)8-15-11-28-20(29-12-15)16-9-17(22)19(18(23)10-16)31(3,26)27/h9-10,13-15,20H,4-8,11-12H2,1-3H3. The van der Waals surface area contributed by atoms with Crippen molar-refractivity contribution in [1.29, 1.82) is 0 Å². The van der Waals surface area contributed by atoms with Gasteiger partial charge in [-0.1, -0.05) is 0 Å². The van der Waals surface area contributed by atoms with Crippen LogP contribution in [0.4, 0.5) is 13.6 Å². The molecule has 2 fully saturated rings. The molecule has 7 nitrogen and oxygen atoms in total. The van der Waals surface area contributed by atoms with Gasteiger partial charge >= 0.3 is 6.09 Å². The molecule has 1 aromatic rings. The van der Waals surface area contributed by atoms with Crippen LogP contribution in [0.25, 0.3) is 0 Å². The topological polar surface area (TPSA) is 82.1 Å². The number of carbonyl (C=O) groups is 1. The Kier molecular flexibility index (Phi) is 7.54. The molecule has 0 aliphatic carbocycles. The summed E-state index contributed by atoms with van der Waals surface area (Å²) in [4.78, 5) is 12.8. The van der Waals surface area contributed by atoms with E-state index in [1.807, 2.05) is 13.8 Å². The Labute approximate surface area is 181 Å². The summed E-state index contributed by atoms with van der Waals surface area (Å²) in [6.07, 6.45) is 2.01. The van der Waals surface area contributed by atoms with Crippen molar-refractivity contribution in [1.82, 2.24) is 4.90 Å². The average molecular weight is 462 g/mol. The van der Waals surface area contributed by atoms with Crippen LogP contribution in [-0.2, 0) is 24.0 Å². The Morgan fingerprint density at radius 2 is 1.68 bits per heavy atom. The number of halogens is 2. The molecule has 0 unspecified atom stereocenters. The van der Waals surface area contributed by atoms with E-state index in [1.54, 1.807) is 4.90 Å². The van der Waals surface area contributed by atoms with Gasteiger partial charge in [-0.15, -0.1) is 0 Å². The highest BCUT2D eigenvalue weighted by molar-refractivity contribution is 7.90. The molecule has 2 heterocycles. The number of benzene rings is 1. The minimum Gasteiger partial charge on any atom is -0.447 e. The molecular weight excluding hydrogens is 432 g/mol. The zero-order valence-corrected chi connectivity index (χ0v) is 18.8. The molecule has 1 amide bonds. The lowest BCUT2D eigenvalue weighted by atomic mass is 9.87. The summed E-state index contributed by atoms with van der Waals surface area (Å²) in [7, 11) is -4.02. The molecule has 0 aromatic heterocycles. The molecule has 0 spiro atoms. The van der Waals surface area contributed by atoms with Crippen LogP contribution in [0.2, 0.25) is 0 Å². The zero-order chi connectivity index (χ0) is 22.8. The first-order chi connectivity index (χ1) is 14.5. The Balaban J connectivity index is 1.49. The number of hydrogen-bond donors (Lipinski definition) is 0. The first kappa shape index (κ1) is 23.9. The van der Waals surface area contributed by atoms with Crippen molar-refractivity contribution in [3.05, 3.63) is 29.3 Å². The monoisotopic (exact) mass is 461 g/mol. The van der Waals surface area contributed by atoms with Gasteiger partial charge in [0, 0.05) is 30.8 Å². The van der Waals surface area contributed by atoms with Crippen molar-refractivity contribution < 1.29 is 36.2 Å². The number of ether oxygens (including phenoxy) is 3. The van der Waals surface area contributed by atoms with Crippen molar-refractivity contribution >= 4 is 15.9 Å². The van der Waals surface area contributed by atoms with Crippen molar-refractivity contribution in [3.8, 4) is 0 Å². The van der Waals surface area contributed by atoms with Gasteiger partial charge in [-0.05, 0) is 51.2 Å². The quantitative estimate of drug-likeness (QED) is 0.665. The van der Waals surface area contributed by atoms with Crippen LogP contribution in [-0.4, -0.2) is 58.1 Å². The van der Waals surface area contributed by atoms with Crippen LogP contribution in [0.15, 0.2) is 17.0 Å². The number of hydrogen-bond acceptors (Lipinski definition) is 6. The second-order valence-corrected chi connectivity index (χ2v) is 10.5. The van der Waals surface area contributed by atoms with E-state index in [-0.39, 0.29) is 23.7 Å². The predicted octanol–water partition coefficient (Wildman–Crippen LogP) is 3.68. The number of carbonyl (C=O) groups excluding carboxylic acids is 1. The van der Waals surface area contributed by atoms with Crippen LogP contribution in [0.5, 0.6) is 0 Å². The second kappa shape index (κ2) is 9.79. The van der Waals surface area contributed by atoms with Crippen LogP contribution in [0.3, 0.4) is 0 Å². The van der Waals surface area contributed by atoms with E-state index in [0.717, 1.165) is 37.7 Å². The summed E-state index contributed by atoms with van der Waals surface area (Å²) >= 11 is 0. The molecule has 2 aliphatic heterocycles. The van der Waals surface area contributed by atoms with E-state index in [1.165, 1.54) is 0 Å². The van der Waals surface area contributed by atoms with E-state index >= 15 is 0 Å². The summed E-state index contributed by atoms with van der Waals surface area (Å²) < 4.78 is 67.9. The highest BCUT2D eigenvalue weighted by Gasteiger charge is 2.31. The fraction of sp³-hybridized carbons (Fsp3) is 0.667. The lowest BCUT2D eigenvalue weighted by Crippen LogP contribution is -2.40. The minimum absolute atomic E-state index is 0.109. The van der Waals surface area contributed by atoms with Crippen molar-refractivity contribution in [2.24, 2.45) is 11.8 Å². The van der Waals surface area contributed by atoms with E-state index in [4.69, 9.17) is 14.2 Å². The predicted molar refractivity (Wildman–Crippen MR) is 108 cm³/mol. The molecule has 10 heteroatoms. The number of nitrogens with zero attached hydrogens (tertiary/aromatic N) is 1. The largest absolute Gasteiger partial charge is 0.447 e. The first-order valence-electron chi connectivity index (χ1n) is 10.4. The van der Waals surface area contributed by atoms with Gasteiger partial charge in [0.1, 0.15) is 16.5 Å². The van der Waals surface area contributed by atoms with E-state index in [2.05, 4.69) is 0 Å². The van der Waals surface area contributed by atoms with Crippen molar-refractivity contribution in [2.75, 3.05) is 32.6 Å². The van der Waals surface area contributed by atoms with Gasteiger partial charge in [-0.2, -0.15) is 0 Å². The van der Waals surface area contributed by atoms with Gasteiger partial charge in [-0.3, -0.25) is 0 Å². The maximum atomic E-state index is 14.1. The van der Waals surface area contributed by atoms with Crippen LogP contribution < -0.4 is 0 Å². The summed E-state index contributed by atoms with van der Waals surface area (Å²) in [6, 6.07) is 1.88. The van der Waals surface area contributed by atoms with Gasteiger partial charge in [0.15, 0.2) is 16.1 Å².